The maximum absolute atomic E-state index is 13.4. The third kappa shape index (κ3) is 38.8. The second kappa shape index (κ2) is 50.4. The minimum absolute atomic E-state index is 0.115. The highest BCUT2D eigenvalue weighted by atomic mass is 16.7. The lowest BCUT2D eigenvalue weighted by atomic mass is 9.99. The molecule has 0 aliphatic carbocycles. The van der Waals surface area contributed by atoms with Crippen molar-refractivity contribution in [2.45, 2.75) is 320 Å². The number of esters is 1. The average Bonchev–Trinajstić information content (AvgIpc) is 3.39. The Bertz CT molecular complexity index is 1370. The van der Waals surface area contributed by atoms with Crippen LogP contribution in [0.25, 0.3) is 0 Å². The van der Waals surface area contributed by atoms with Crippen molar-refractivity contribution in [3.63, 3.8) is 0 Å². The molecule has 11 heteroatoms. The van der Waals surface area contributed by atoms with Gasteiger partial charge in [0.1, 0.15) is 24.4 Å². The summed E-state index contributed by atoms with van der Waals surface area (Å²) in [4.78, 5) is 26.5. The predicted octanol–water partition coefficient (Wildman–Crippen LogP) is 14.1. The number of amides is 1. The molecule has 0 bridgehead atoms. The van der Waals surface area contributed by atoms with Crippen molar-refractivity contribution in [2.24, 2.45) is 0 Å². The summed E-state index contributed by atoms with van der Waals surface area (Å²) < 4.78 is 17.6. The van der Waals surface area contributed by atoms with Crippen molar-refractivity contribution in [3.05, 3.63) is 48.6 Å². The molecule has 8 unspecified atom stereocenters. The van der Waals surface area contributed by atoms with Crippen LogP contribution in [0.15, 0.2) is 48.6 Å². The fourth-order valence-electron chi connectivity index (χ4n) is 9.32. The number of aliphatic hydroxyl groups is 5. The Kier molecular flexibility index (Phi) is 47.4. The van der Waals surface area contributed by atoms with Crippen molar-refractivity contribution in [1.82, 2.24) is 5.32 Å². The molecule has 0 aromatic heterocycles. The number of unbranched alkanes of at least 4 members (excludes halogenated alkanes) is 31. The molecule has 0 aromatic rings. The van der Waals surface area contributed by atoms with Gasteiger partial charge in [-0.1, -0.05) is 230 Å². The molecule has 1 aliphatic rings. The van der Waals surface area contributed by atoms with Gasteiger partial charge in [0.15, 0.2) is 12.4 Å². The Morgan fingerprint density at radius 1 is 0.534 bits per heavy atom. The van der Waals surface area contributed by atoms with Gasteiger partial charge in [-0.05, 0) is 83.5 Å². The molecule has 0 radical (unpaired) electrons. The van der Waals surface area contributed by atoms with Crippen LogP contribution in [0.4, 0.5) is 0 Å². The zero-order valence-electron chi connectivity index (χ0n) is 47.0. The summed E-state index contributed by atoms with van der Waals surface area (Å²) in [5.41, 5.74) is 0. The van der Waals surface area contributed by atoms with Crippen molar-refractivity contribution in [2.75, 3.05) is 13.2 Å². The molecule has 1 rings (SSSR count). The molecule has 426 valence electrons. The van der Waals surface area contributed by atoms with Crippen molar-refractivity contribution >= 4 is 11.9 Å². The molecule has 1 aliphatic heterocycles. The van der Waals surface area contributed by atoms with E-state index < -0.39 is 67.4 Å². The lowest BCUT2D eigenvalue weighted by Gasteiger charge is -2.41. The summed E-state index contributed by atoms with van der Waals surface area (Å²) in [6.07, 6.45) is 50.0. The second-order valence-corrected chi connectivity index (χ2v) is 21.1. The zero-order chi connectivity index (χ0) is 53.3. The first-order valence-corrected chi connectivity index (χ1v) is 30.4. The molecule has 1 fully saturated rings. The van der Waals surface area contributed by atoms with Crippen molar-refractivity contribution in [3.8, 4) is 0 Å². The molecule has 0 spiro atoms. The number of ether oxygens (including phenoxy) is 3. The number of carbonyl (C=O) groups excluding carboxylic acids is 2. The SMILES string of the molecule is CCCCC/C=C\C/C=C\CCCCCCCCCC(=O)OC1C(OCC(NC(=O)C(O)CCCCCCCC/C=C\CCCCCC)C(O)/C=C/CCCCCCCCCCCCC)OC(CO)C(O)C1O. The van der Waals surface area contributed by atoms with Crippen LogP contribution in [-0.2, 0) is 23.8 Å². The van der Waals surface area contributed by atoms with Crippen molar-refractivity contribution < 1.29 is 49.3 Å². The van der Waals surface area contributed by atoms with Crippen LogP contribution in [-0.4, -0.2) is 99.6 Å². The van der Waals surface area contributed by atoms with Gasteiger partial charge in [-0.25, -0.2) is 0 Å². The number of hydrogen-bond acceptors (Lipinski definition) is 10. The molecule has 0 saturated carbocycles. The van der Waals surface area contributed by atoms with Gasteiger partial charge in [0.05, 0.1) is 25.4 Å². The topological polar surface area (TPSA) is 175 Å². The number of carbonyl (C=O) groups is 2. The maximum atomic E-state index is 13.4. The maximum Gasteiger partial charge on any atom is 0.306 e. The number of hydrogen-bond donors (Lipinski definition) is 6. The molecule has 73 heavy (non-hydrogen) atoms. The van der Waals surface area contributed by atoms with E-state index in [-0.39, 0.29) is 19.4 Å². The molecule has 6 N–H and O–H groups in total. The standard InChI is InChI=1S/C62H113NO10/c1-4-7-10-13-16-19-22-25-27-28-29-32-35-38-41-44-47-50-57(67)73-60-59(69)58(68)56(51-64)72-62(60)71-52-53(54(65)48-45-42-39-36-33-30-24-21-18-15-12-9-6-3)63-61(70)55(66)49-46-43-40-37-34-31-26-23-20-17-14-11-8-5-2/h16,19-20,23,25,27,45,48,53-56,58-60,62,64-66,68-69H,4-15,17-18,21-22,24,26,28-44,46-47,49-52H2,1-3H3,(H,63,70)/b19-16-,23-20-,27-25-,48-45+. The fraction of sp³-hybridized carbons (Fsp3) is 0.839. The van der Waals surface area contributed by atoms with Crippen LogP contribution in [0, 0.1) is 0 Å². The molecule has 1 saturated heterocycles. The average molecular weight is 1030 g/mol. The van der Waals surface area contributed by atoms with Crippen LogP contribution in [0.1, 0.15) is 271 Å². The minimum Gasteiger partial charge on any atom is -0.454 e. The highest BCUT2D eigenvalue weighted by molar-refractivity contribution is 5.80. The molecule has 8 atom stereocenters. The second-order valence-electron chi connectivity index (χ2n) is 21.1. The van der Waals surface area contributed by atoms with Gasteiger partial charge >= 0.3 is 5.97 Å². The minimum atomic E-state index is -1.62. The number of allylic oxidation sites excluding steroid dienone is 7. The lowest BCUT2D eigenvalue weighted by Crippen LogP contribution is -2.61. The molecular formula is C62H113NO10. The number of aliphatic hydroxyl groups excluding tert-OH is 5. The van der Waals surface area contributed by atoms with Crippen LogP contribution in [0.2, 0.25) is 0 Å². The Labute approximate surface area is 446 Å². The summed E-state index contributed by atoms with van der Waals surface area (Å²) in [6, 6.07) is -1.03. The van der Waals surface area contributed by atoms with Crippen LogP contribution in [0.3, 0.4) is 0 Å². The van der Waals surface area contributed by atoms with E-state index in [9.17, 15) is 35.1 Å². The Balaban J connectivity index is 2.71. The summed E-state index contributed by atoms with van der Waals surface area (Å²) in [7, 11) is 0. The van der Waals surface area contributed by atoms with E-state index in [2.05, 4.69) is 62.5 Å². The van der Waals surface area contributed by atoms with Gasteiger partial charge in [-0.15, -0.1) is 0 Å². The van der Waals surface area contributed by atoms with Gasteiger partial charge in [0.2, 0.25) is 5.91 Å². The summed E-state index contributed by atoms with van der Waals surface area (Å²) >= 11 is 0. The van der Waals surface area contributed by atoms with Crippen LogP contribution < -0.4 is 5.32 Å². The van der Waals surface area contributed by atoms with Crippen molar-refractivity contribution in [1.29, 1.82) is 0 Å². The van der Waals surface area contributed by atoms with E-state index >= 15 is 0 Å². The van der Waals surface area contributed by atoms with E-state index in [0.29, 0.717) is 12.8 Å². The largest absolute Gasteiger partial charge is 0.454 e. The van der Waals surface area contributed by atoms with E-state index in [4.69, 9.17) is 14.2 Å². The van der Waals surface area contributed by atoms with Gasteiger partial charge in [-0.3, -0.25) is 9.59 Å². The highest BCUT2D eigenvalue weighted by Gasteiger charge is 2.47. The third-order valence-corrected chi connectivity index (χ3v) is 14.2. The predicted molar refractivity (Wildman–Crippen MR) is 301 cm³/mol. The molecule has 11 nitrogen and oxygen atoms in total. The smallest absolute Gasteiger partial charge is 0.306 e. The van der Waals surface area contributed by atoms with Crippen LogP contribution >= 0.6 is 0 Å². The fourth-order valence-corrected chi connectivity index (χ4v) is 9.32. The van der Waals surface area contributed by atoms with Gasteiger partial charge in [0.25, 0.3) is 0 Å². The Morgan fingerprint density at radius 3 is 1.45 bits per heavy atom. The monoisotopic (exact) mass is 1030 g/mol. The summed E-state index contributed by atoms with van der Waals surface area (Å²) in [5, 5.41) is 56.9. The van der Waals surface area contributed by atoms with Gasteiger partial charge in [0, 0.05) is 6.42 Å². The molecule has 1 heterocycles. The molecular weight excluding hydrogens is 919 g/mol. The highest BCUT2D eigenvalue weighted by Crippen LogP contribution is 2.26. The van der Waals surface area contributed by atoms with Gasteiger partial charge in [-0.2, -0.15) is 0 Å². The summed E-state index contributed by atoms with van der Waals surface area (Å²) in [6.45, 7) is 5.75. The Morgan fingerprint density at radius 2 is 0.945 bits per heavy atom. The van der Waals surface area contributed by atoms with E-state index in [1.807, 2.05) is 6.08 Å². The zero-order valence-corrected chi connectivity index (χ0v) is 47.0. The van der Waals surface area contributed by atoms with E-state index in [1.54, 1.807) is 6.08 Å². The first kappa shape index (κ1) is 68.6. The van der Waals surface area contributed by atoms with Crippen LogP contribution in [0.5, 0.6) is 0 Å². The quantitative estimate of drug-likeness (QED) is 0.0195. The lowest BCUT2D eigenvalue weighted by molar-refractivity contribution is -0.305. The first-order valence-electron chi connectivity index (χ1n) is 30.4. The third-order valence-electron chi connectivity index (χ3n) is 14.2. The number of nitrogens with one attached hydrogen (secondary N) is 1. The summed E-state index contributed by atoms with van der Waals surface area (Å²) in [5.74, 6) is -1.20. The molecule has 1 amide bonds. The first-order chi connectivity index (χ1) is 35.7. The van der Waals surface area contributed by atoms with E-state index in [1.165, 1.54) is 135 Å². The van der Waals surface area contributed by atoms with Gasteiger partial charge < -0.3 is 45.1 Å². The Hall–Kier alpha value is -2.38. The normalized spacial score (nSPS) is 19.7. The van der Waals surface area contributed by atoms with E-state index in [0.717, 1.165) is 89.9 Å². The molecule has 0 aromatic carbocycles. The number of rotatable bonds is 51.